The summed E-state index contributed by atoms with van der Waals surface area (Å²) in [7, 11) is 15.4. The molecule has 0 atom stereocenters. The molecule has 2 aromatic rings. The number of benzene rings is 2. The van der Waals surface area contributed by atoms with E-state index in [9.17, 15) is 0 Å². The van der Waals surface area contributed by atoms with Gasteiger partial charge in [-0.2, -0.15) is 0 Å². The van der Waals surface area contributed by atoms with Crippen LogP contribution in [-0.2, 0) is 18.9 Å². The topological polar surface area (TPSA) is 36.9 Å². The third kappa shape index (κ3) is 4.16. The summed E-state index contributed by atoms with van der Waals surface area (Å²) < 4.78 is 22.3. The smallest absolute Gasteiger partial charge is 0.183 e. The van der Waals surface area contributed by atoms with Crippen LogP contribution >= 0.6 is 21.6 Å². The molecule has 2 aliphatic heterocycles. The van der Waals surface area contributed by atoms with E-state index in [1.54, 1.807) is 21.6 Å². The van der Waals surface area contributed by atoms with Crippen molar-refractivity contribution < 1.29 is 18.9 Å². The molecule has 26 heavy (non-hydrogen) atoms. The Morgan fingerprint density at radius 2 is 1.04 bits per heavy atom. The van der Waals surface area contributed by atoms with Gasteiger partial charge in [-0.3, -0.25) is 0 Å². The Hall–Kier alpha value is -0.890. The molecule has 0 N–H and O–H groups in total. The van der Waals surface area contributed by atoms with Crippen LogP contribution in [0.5, 0.6) is 0 Å². The van der Waals surface area contributed by atoms with Crippen LogP contribution in [0.25, 0.3) is 0 Å². The second kappa shape index (κ2) is 8.42. The summed E-state index contributed by atoms with van der Waals surface area (Å²) in [4.78, 5) is 2.15. The van der Waals surface area contributed by atoms with E-state index in [-0.39, 0.29) is 12.6 Å². The molecule has 0 bridgehead atoms. The average Bonchev–Trinajstić information content (AvgIpc) is 3.36. The van der Waals surface area contributed by atoms with Gasteiger partial charge >= 0.3 is 0 Å². The van der Waals surface area contributed by atoms with E-state index >= 15 is 0 Å². The van der Waals surface area contributed by atoms with E-state index in [4.69, 9.17) is 34.6 Å². The van der Waals surface area contributed by atoms with Crippen molar-refractivity contribution in [1.29, 1.82) is 0 Å². The van der Waals surface area contributed by atoms with Gasteiger partial charge in [0.1, 0.15) is 15.7 Å². The van der Waals surface area contributed by atoms with E-state index < -0.39 is 0 Å². The highest BCUT2D eigenvalue weighted by molar-refractivity contribution is 8.76. The fraction of sp³-hybridized carbons (Fsp3) is 0.333. The van der Waals surface area contributed by atoms with Gasteiger partial charge in [0.2, 0.25) is 0 Å². The van der Waals surface area contributed by atoms with E-state index in [1.165, 1.54) is 0 Å². The van der Waals surface area contributed by atoms with Gasteiger partial charge < -0.3 is 18.9 Å². The maximum atomic E-state index is 6.07. The van der Waals surface area contributed by atoms with Gasteiger partial charge in [-0.05, 0) is 24.3 Å². The zero-order valence-electron chi connectivity index (χ0n) is 14.1. The second-order valence-electron chi connectivity index (χ2n) is 5.90. The first-order valence-corrected chi connectivity index (χ1v) is 10.5. The minimum absolute atomic E-state index is 0.375. The fourth-order valence-corrected chi connectivity index (χ4v) is 4.78. The Balaban J connectivity index is 1.47. The lowest BCUT2D eigenvalue weighted by Crippen LogP contribution is -2.15. The van der Waals surface area contributed by atoms with Crippen molar-refractivity contribution in [3.8, 4) is 0 Å². The van der Waals surface area contributed by atoms with Crippen molar-refractivity contribution in [2.24, 2.45) is 0 Å². The largest absolute Gasteiger partial charge is 0.346 e. The number of ether oxygens (including phenoxy) is 4. The lowest BCUT2D eigenvalue weighted by molar-refractivity contribution is -0.0437. The van der Waals surface area contributed by atoms with Crippen LogP contribution in [0.2, 0.25) is 0 Å². The van der Waals surface area contributed by atoms with Crippen molar-refractivity contribution in [2.45, 2.75) is 22.4 Å². The van der Waals surface area contributed by atoms with Crippen LogP contribution in [-0.4, -0.2) is 42.1 Å². The van der Waals surface area contributed by atoms with Crippen molar-refractivity contribution in [1.82, 2.24) is 0 Å². The van der Waals surface area contributed by atoms with Crippen LogP contribution in [0, 0.1) is 0 Å². The standard InChI is InChI=1S/C18H16B2O4S2/c19-15-3-1-11(9-13(15)17-21-5-6-22-17)25-26-12-2-4-16(20)14(10-12)18-23-7-8-24-18/h1-4,9-10,17-18H,5-8H2. The molecule has 4 rings (SSSR count). The third-order valence-electron chi connectivity index (χ3n) is 4.10. The molecule has 8 heteroatoms. The van der Waals surface area contributed by atoms with E-state index in [0.29, 0.717) is 37.4 Å². The van der Waals surface area contributed by atoms with Gasteiger partial charge in [-0.15, -0.1) is 0 Å². The molecule has 2 heterocycles. The monoisotopic (exact) mass is 382 g/mol. The van der Waals surface area contributed by atoms with Gasteiger partial charge in [0.25, 0.3) is 0 Å². The van der Waals surface area contributed by atoms with Gasteiger partial charge in [0, 0.05) is 20.9 Å². The summed E-state index contributed by atoms with van der Waals surface area (Å²) in [5.41, 5.74) is 3.10. The second-order valence-corrected chi connectivity index (χ2v) is 8.17. The summed E-state index contributed by atoms with van der Waals surface area (Å²) in [6, 6.07) is 11.8. The van der Waals surface area contributed by atoms with Crippen LogP contribution in [0.15, 0.2) is 46.2 Å². The van der Waals surface area contributed by atoms with E-state index in [1.807, 2.05) is 36.4 Å². The van der Waals surface area contributed by atoms with Crippen molar-refractivity contribution >= 4 is 48.2 Å². The number of hydrogen-bond acceptors (Lipinski definition) is 6. The summed E-state index contributed by atoms with van der Waals surface area (Å²) in [5.74, 6) is 0. The van der Waals surface area contributed by atoms with Crippen LogP contribution in [0.1, 0.15) is 23.7 Å². The fourth-order valence-electron chi connectivity index (χ4n) is 2.79. The van der Waals surface area contributed by atoms with Crippen LogP contribution < -0.4 is 10.9 Å². The molecular weight excluding hydrogens is 366 g/mol. The molecule has 2 aliphatic rings. The van der Waals surface area contributed by atoms with E-state index in [2.05, 4.69) is 0 Å². The Labute approximate surface area is 163 Å². The summed E-state index contributed by atoms with van der Waals surface area (Å²) in [5, 5.41) is 0. The zero-order valence-corrected chi connectivity index (χ0v) is 15.7. The van der Waals surface area contributed by atoms with Gasteiger partial charge in [-0.1, -0.05) is 44.6 Å². The lowest BCUT2D eigenvalue weighted by atomic mass is 9.90. The summed E-state index contributed by atoms with van der Waals surface area (Å²) >= 11 is 0. The predicted molar refractivity (Wildman–Crippen MR) is 105 cm³/mol. The molecule has 2 aromatic carbocycles. The first-order chi connectivity index (χ1) is 12.7. The number of rotatable bonds is 5. The van der Waals surface area contributed by atoms with E-state index in [0.717, 1.165) is 20.9 Å². The average molecular weight is 382 g/mol. The zero-order chi connectivity index (χ0) is 17.9. The molecule has 0 unspecified atom stereocenters. The predicted octanol–water partition coefficient (Wildman–Crippen LogP) is 2.16. The highest BCUT2D eigenvalue weighted by Crippen LogP contribution is 2.39. The molecular formula is C18H16B2O4S2. The maximum absolute atomic E-state index is 6.07. The van der Waals surface area contributed by atoms with Crippen molar-refractivity contribution in [3.05, 3.63) is 47.5 Å². The van der Waals surface area contributed by atoms with Crippen molar-refractivity contribution in [3.63, 3.8) is 0 Å². The SMILES string of the molecule is [B]c1ccc(SSc2ccc([B])c(C3OCCO3)c2)cc1C1OCCO1. The molecule has 2 fully saturated rings. The molecule has 0 spiro atoms. The molecule has 0 aliphatic carbocycles. The molecule has 4 nitrogen and oxygen atoms in total. The lowest BCUT2D eigenvalue weighted by Gasteiger charge is -2.15. The van der Waals surface area contributed by atoms with Crippen LogP contribution in [0.4, 0.5) is 0 Å². The highest BCUT2D eigenvalue weighted by Gasteiger charge is 2.21. The summed E-state index contributed by atoms with van der Waals surface area (Å²) in [6.45, 7) is 2.37. The van der Waals surface area contributed by atoms with Gasteiger partial charge in [0.15, 0.2) is 12.6 Å². The molecule has 4 radical (unpaired) electrons. The first kappa shape index (κ1) is 18.5. The van der Waals surface area contributed by atoms with Gasteiger partial charge in [-0.25, -0.2) is 0 Å². The molecule has 2 saturated heterocycles. The van der Waals surface area contributed by atoms with Gasteiger partial charge in [0.05, 0.1) is 26.4 Å². The summed E-state index contributed by atoms with van der Waals surface area (Å²) in [6.07, 6.45) is -0.749. The minimum Gasteiger partial charge on any atom is -0.346 e. The quantitative estimate of drug-likeness (QED) is 0.583. The minimum atomic E-state index is -0.375. The normalized spacial score (nSPS) is 18.6. The Bertz CT molecular complexity index is 712. The molecule has 130 valence electrons. The van der Waals surface area contributed by atoms with Crippen molar-refractivity contribution in [2.75, 3.05) is 26.4 Å². The molecule has 0 saturated carbocycles. The Morgan fingerprint density at radius 3 is 1.42 bits per heavy atom. The van der Waals surface area contributed by atoms with Crippen LogP contribution in [0.3, 0.4) is 0 Å². The third-order valence-corrected chi connectivity index (χ3v) is 6.48. The molecule has 0 aromatic heterocycles. The Morgan fingerprint density at radius 1 is 0.654 bits per heavy atom. The first-order valence-electron chi connectivity index (χ1n) is 8.30. The Kier molecular flexibility index (Phi) is 5.98. The maximum Gasteiger partial charge on any atom is 0.183 e. The molecule has 0 amide bonds. The number of hydrogen-bond donors (Lipinski definition) is 0. The highest BCUT2D eigenvalue weighted by atomic mass is 33.1.